The summed E-state index contributed by atoms with van der Waals surface area (Å²) >= 11 is 0. The van der Waals surface area contributed by atoms with Crippen molar-refractivity contribution in [2.24, 2.45) is 0 Å². The normalized spacial score (nSPS) is 11.6. The number of hydrogen-bond acceptors (Lipinski definition) is 5. The molecule has 132 valence electrons. The summed E-state index contributed by atoms with van der Waals surface area (Å²) in [5, 5.41) is 15.0. The van der Waals surface area contributed by atoms with Gasteiger partial charge in [0.2, 0.25) is 5.95 Å². The highest BCUT2D eigenvalue weighted by atomic mass is 19.1. The molecule has 0 saturated heterocycles. The summed E-state index contributed by atoms with van der Waals surface area (Å²) < 4.78 is 13.4. The summed E-state index contributed by atoms with van der Waals surface area (Å²) in [7, 11) is 0. The lowest BCUT2D eigenvalue weighted by atomic mass is 10.1. The number of phenols is 1. The van der Waals surface area contributed by atoms with Gasteiger partial charge < -0.3 is 15.7 Å². The number of nitrogens with zero attached hydrogens (tertiary/aromatic N) is 2. The highest BCUT2D eigenvalue weighted by molar-refractivity contribution is 5.93. The van der Waals surface area contributed by atoms with Crippen molar-refractivity contribution in [3.05, 3.63) is 77.9 Å². The van der Waals surface area contributed by atoms with E-state index in [0.717, 1.165) is 5.69 Å². The van der Waals surface area contributed by atoms with Crippen LogP contribution in [0.3, 0.4) is 0 Å². The van der Waals surface area contributed by atoms with Crippen LogP contribution in [0.25, 0.3) is 0 Å². The van der Waals surface area contributed by atoms with Crippen molar-refractivity contribution in [3.8, 4) is 5.75 Å². The van der Waals surface area contributed by atoms with Crippen molar-refractivity contribution in [3.63, 3.8) is 0 Å². The number of anilines is 2. The second-order valence-electron chi connectivity index (χ2n) is 5.69. The minimum Gasteiger partial charge on any atom is -0.505 e. The number of aromatic hydroxyl groups is 1. The zero-order valence-corrected chi connectivity index (χ0v) is 14.0. The first-order valence-electron chi connectivity index (χ1n) is 7.96. The van der Waals surface area contributed by atoms with E-state index < -0.39 is 17.6 Å². The molecule has 0 unspecified atom stereocenters. The fraction of sp³-hybridized carbons (Fsp3) is 0.105. The average molecular weight is 352 g/mol. The number of rotatable bonds is 5. The molecule has 3 N–H and O–H groups in total. The Morgan fingerprint density at radius 2 is 1.81 bits per heavy atom. The molecule has 0 aliphatic heterocycles. The highest BCUT2D eigenvalue weighted by Crippen LogP contribution is 2.21. The summed E-state index contributed by atoms with van der Waals surface area (Å²) in [6.07, 6.45) is 2.83. The molecule has 0 aliphatic rings. The third kappa shape index (κ3) is 4.13. The number of para-hydroxylation sites is 1. The lowest BCUT2D eigenvalue weighted by molar-refractivity contribution is 0.0939. The third-order valence-corrected chi connectivity index (χ3v) is 3.76. The number of halogens is 1. The molecule has 1 aromatic heterocycles. The molecule has 6 nitrogen and oxygen atoms in total. The van der Waals surface area contributed by atoms with Gasteiger partial charge >= 0.3 is 0 Å². The van der Waals surface area contributed by atoms with Crippen LogP contribution in [0.4, 0.5) is 16.0 Å². The molecule has 7 heteroatoms. The van der Waals surface area contributed by atoms with E-state index in [0.29, 0.717) is 11.5 Å². The van der Waals surface area contributed by atoms with E-state index in [4.69, 9.17) is 0 Å². The number of aromatic nitrogens is 2. The first-order valence-corrected chi connectivity index (χ1v) is 7.96. The van der Waals surface area contributed by atoms with Crippen LogP contribution in [-0.4, -0.2) is 21.0 Å². The van der Waals surface area contributed by atoms with Gasteiger partial charge in [-0.05, 0) is 36.8 Å². The van der Waals surface area contributed by atoms with Gasteiger partial charge in [0, 0.05) is 18.1 Å². The molecular formula is C19H17FN4O2. The number of benzene rings is 2. The monoisotopic (exact) mass is 352 g/mol. The minimum atomic E-state index is -0.733. The fourth-order valence-corrected chi connectivity index (χ4v) is 2.32. The summed E-state index contributed by atoms with van der Waals surface area (Å²) in [6, 6.07) is 13.0. The third-order valence-electron chi connectivity index (χ3n) is 3.76. The summed E-state index contributed by atoms with van der Waals surface area (Å²) in [5.41, 5.74) is 1.67. The molecular weight excluding hydrogens is 335 g/mol. The molecule has 3 rings (SSSR count). The van der Waals surface area contributed by atoms with Gasteiger partial charge in [0.1, 0.15) is 0 Å². The molecule has 0 spiro atoms. The van der Waals surface area contributed by atoms with Crippen LogP contribution in [0, 0.1) is 5.82 Å². The molecule has 26 heavy (non-hydrogen) atoms. The topological polar surface area (TPSA) is 87.1 Å². The van der Waals surface area contributed by atoms with Crippen LogP contribution in [0.5, 0.6) is 5.75 Å². The van der Waals surface area contributed by atoms with Gasteiger partial charge in [-0.25, -0.2) is 14.4 Å². The van der Waals surface area contributed by atoms with Crippen molar-refractivity contribution in [1.82, 2.24) is 15.3 Å². The molecule has 3 aromatic rings. The number of amides is 1. The smallest absolute Gasteiger partial charge is 0.254 e. The second-order valence-corrected chi connectivity index (χ2v) is 5.69. The van der Waals surface area contributed by atoms with Gasteiger partial charge in [0.25, 0.3) is 5.91 Å². The quantitative estimate of drug-likeness (QED) is 0.654. The molecule has 0 saturated carbocycles. The van der Waals surface area contributed by atoms with Gasteiger partial charge in [-0.1, -0.05) is 24.3 Å². The van der Waals surface area contributed by atoms with Crippen LogP contribution in [0.1, 0.15) is 28.9 Å². The maximum atomic E-state index is 13.4. The standard InChI is InChI=1S/C19H17FN4O2/c1-12(13-7-8-17(25)16(20)9-13)23-18(26)14-10-21-19(22-11-14)24-15-5-3-2-4-6-15/h2-12,25H,1H3,(H,23,26)(H,21,22,24)/t12-/m1/s1. The Balaban J connectivity index is 1.65. The zero-order chi connectivity index (χ0) is 18.5. The minimum absolute atomic E-state index is 0.287. The molecule has 1 atom stereocenters. The molecule has 0 aliphatic carbocycles. The Morgan fingerprint density at radius 1 is 1.12 bits per heavy atom. The van der Waals surface area contributed by atoms with Gasteiger partial charge in [0.05, 0.1) is 11.6 Å². The molecule has 0 radical (unpaired) electrons. The first-order chi connectivity index (χ1) is 12.5. The highest BCUT2D eigenvalue weighted by Gasteiger charge is 2.14. The largest absolute Gasteiger partial charge is 0.505 e. The summed E-state index contributed by atoms with van der Waals surface area (Å²) in [5.74, 6) is -1.16. The van der Waals surface area contributed by atoms with E-state index in [1.165, 1.54) is 24.5 Å². The molecule has 0 fully saturated rings. The van der Waals surface area contributed by atoms with E-state index in [1.807, 2.05) is 30.3 Å². The van der Waals surface area contributed by atoms with Crippen molar-refractivity contribution in [2.45, 2.75) is 13.0 Å². The van der Waals surface area contributed by atoms with Crippen LogP contribution in [0.15, 0.2) is 60.9 Å². The Hall–Kier alpha value is -3.48. The van der Waals surface area contributed by atoms with Gasteiger partial charge in [-0.2, -0.15) is 0 Å². The molecule has 0 bridgehead atoms. The van der Waals surface area contributed by atoms with Crippen LogP contribution < -0.4 is 10.6 Å². The van der Waals surface area contributed by atoms with Crippen molar-refractivity contribution in [1.29, 1.82) is 0 Å². The predicted octanol–water partition coefficient (Wildman–Crippen LogP) is 3.56. The van der Waals surface area contributed by atoms with Crippen molar-refractivity contribution < 1.29 is 14.3 Å². The van der Waals surface area contributed by atoms with E-state index in [-0.39, 0.29) is 11.5 Å². The fourth-order valence-electron chi connectivity index (χ4n) is 2.32. The van der Waals surface area contributed by atoms with Gasteiger partial charge in [-0.3, -0.25) is 4.79 Å². The van der Waals surface area contributed by atoms with E-state index >= 15 is 0 Å². The maximum Gasteiger partial charge on any atom is 0.254 e. The van der Waals surface area contributed by atoms with Crippen molar-refractivity contribution >= 4 is 17.5 Å². The SMILES string of the molecule is C[C@@H](NC(=O)c1cnc(Nc2ccccc2)nc1)c1ccc(O)c(F)c1. The average Bonchev–Trinajstić information content (AvgIpc) is 2.65. The number of carbonyl (C=O) groups is 1. The second kappa shape index (κ2) is 7.60. The summed E-state index contributed by atoms with van der Waals surface area (Å²) in [6.45, 7) is 1.72. The number of hydrogen-bond donors (Lipinski definition) is 3. The lowest BCUT2D eigenvalue weighted by Gasteiger charge is -2.14. The van der Waals surface area contributed by atoms with Gasteiger partial charge in [-0.15, -0.1) is 0 Å². The number of carbonyl (C=O) groups excluding carboxylic acids is 1. The predicted molar refractivity (Wildman–Crippen MR) is 95.7 cm³/mol. The Morgan fingerprint density at radius 3 is 2.46 bits per heavy atom. The first kappa shape index (κ1) is 17.3. The summed E-state index contributed by atoms with van der Waals surface area (Å²) in [4.78, 5) is 20.5. The Labute approximate surface area is 149 Å². The molecule has 1 heterocycles. The van der Waals surface area contributed by atoms with Crippen LogP contribution in [0.2, 0.25) is 0 Å². The van der Waals surface area contributed by atoms with E-state index in [2.05, 4.69) is 20.6 Å². The molecule has 1 amide bonds. The zero-order valence-electron chi connectivity index (χ0n) is 14.0. The maximum absolute atomic E-state index is 13.4. The van der Waals surface area contributed by atoms with Crippen LogP contribution in [-0.2, 0) is 0 Å². The lowest BCUT2D eigenvalue weighted by Crippen LogP contribution is -2.27. The number of nitrogens with one attached hydrogen (secondary N) is 2. The van der Waals surface area contributed by atoms with E-state index in [9.17, 15) is 14.3 Å². The number of phenolic OH excluding ortho intramolecular Hbond substituents is 1. The van der Waals surface area contributed by atoms with Gasteiger partial charge in [0.15, 0.2) is 11.6 Å². The molecule has 2 aromatic carbocycles. The van der Waals surface area contributed by atoms with E-state index in [1.54, 1.807) is 13.0 Å². The Kier molecular flexibility index (Phi) is 5.07. The van der Waals surface area contributed by atoms with Crippen molar-refractivity contribution in [2.75, 3.05) is 5.32 Å². The Bertz CT molecular complexity index is 901. The van der Waals surface area contributed by atoms with Crippen LogP contribution >= 0.6 is 0 Å².